The number of nitrogens with one attached hydrogen (secondary N) is 1. The maximum atomic E-state index is 13.1. The predicted molar refractivity (Wildman–Crippen MR) is 122 cm³/mol. The first-order chi connectivity index (χ1) is 15.9. The molecule has 33 heavy (non-hydrogen) atoms. The molecule has 0 bridgehead atoms. The van der Waals surface area contributed by atoms with E-state index < -0.39 is 23.5 Å². The lowest BCUT2D eigenvalue weighted by Crippen LogP contribution is -2.50. The van der Waals surface area contributed by atoms with E-state index in [-0.39, 0.29) is 30.9 Å². The zero-order valence-electron chi connectivity index (χ0n) is 18.6. The van der Waals surface area contributed by atoms with Crippen LogP contribution in [-0.4, -0.2) is 53.7 Å². The van der Waals surface area contributed by atoms with Gasteiger partial charge in [-0.2, -0.15) is 0 Å². The third-order valence-electron chi connectivity index (χ3n) is 7.28. The molecule has 7 nitrogen and oxygen atoms in total. The molecule has 0 aromatic heterocycles. The first-order valence-electron chi connectivity index (χ1n) is 11.5. The molecule has 0 radical (unpaired) electrons. The van der Waals surface area contributed by atoms with Crippen LogP contribution in [0.1, 0.15) is 43.2 Å². The van der Waals surface area contributed by atoms with Crippen molar-refractivity contribution in [3.8, 4) is 11.1 Å². The maximum Gasteiger partial charge on any atom is 0.407 e. The van der Waals surface area contributed by atoms with Crippen LogP contribution >= 0.6 is 0 Å². The van der Waals surface area contributed by atoms with Gasteiger partial charge in [-0.05, 0) is 54.4 Å². The molecule has 3 aliphatic rings. The van der Waals surface area contributed by atoms with Crippen molar-refractivity contribution >= 4 is 18.0 Å². The number of carbonyl (C=O) groups excluding carboxylic acids is 2. The number of hydrogen-bond donors (Lipinski definition) is 2. The van der Waals surface area contributed by atoms with Crippen LogP contribution in [0.4, 0.5) is 4.79 Å². The number of carboxylic acids is 1. The smallest absolute Gasteiger partial charge is 0.407 e. The third-order valence-corrected chi connectivity index (χ3v) is 7.28. The lowest BCUT2D eigenvalue weighted by Gasteiger charge is -2.25. The van der Waals surface area contributed by atoms with Gasteiger partial charge >= 0.3 is 12.1 Å². The number of hydrogen-bond acceptors (Lipinski definition) is 4. The van der Waals surface area contributed by atoms with E-state index in [9.17, 15) is 19.5 Å². The summed E-state index contributed by atoms with van der Waals surface area (Å²) >= 11 is 0. The van der Waals surface area contributed by atoms with Crippen LogP contribution < -0.4 is 5.32 Å². The Labute approximate surface area is 192 Å². The van der Waals surface area contributed by atoms with Crippen molar-refractivity contribution in [3.05, 3.63) is 59.7 Å². The van der Waals surface area contributed by atoms with Gasteiger partial charge in [-0.3, -0.25) is 9.59 Å². The summed E-state index contributed by atoms with van der Waals surface area (Å²) < 4.78 is 5.63. The molecule has 2 aromatic carbocycles. The Morgan fingerprint density at radius 2 is 1.70 bits per heavy atom. The van der Waals surface area contributed by atoms with E-state index in [0.29, 0.717) is 13.0 Å². The van der Waals surface area contributed by atoms with E-state index in [1.54, 1.807) is 11.8 Å². The van der Waals surface area contributed by atoms with Gasteiger partial charge in [0.1, 0.15) is 12.6 Å². The minimum atomic E-state index is -0.937. The van der Waals surface area contributed by atoms with E-state index in [1.165, 1.54) is 0 Å². The molecular formula is C26H28N2O5. The van der Waals surface area contributed by atoms with Crippen molar-refractivity contribution in [2.24, 2.45) is 11.3 Å². The minimum Gasteiger partial charge on any atom is -0.481 e. The number of aliphatic carboxylic acids is 1. The largest absolute Gasteiger partial charge is 0.481 e. The molecule has 2 aromatic rings. The molecule has 1 aliphatic heterocycles. The molecule has 7 heteroatoms. The van der Waals surface area contributed by atoms with Crippen LogP contribution in [0.25, 0.3) is 11.1 Å². The van der Waals surface area contributed by atoms with Crippen LogP contribution in [0.15, 0.2) is 48.5 Å². The fourth-order valence-electron chi connectivity index (χ4n) is 5.10. The Hall–Kier alpha value is -3.35. The zero-order valence-corrected chi connectivity index (χ0v) is 18.6. The van der Waals surface area contributed by atoms with E-state index in [0.717, 1.165) is 35.1 Å². The van der Waals surface area contributed by atoms with Crippen LogP contribution in [0, 0.1) is 11.3 Å². The molecule has 0 spiro atoms. The van der Waals surface area contributed by atoms with Crippen molar-refractivity contribution in [1.29, 1.82) is 0 Å². The summed E-state index contributed by atoms with van der Waals surface area (Å²) in [6.07, 6.45) is 1.53. The molecule has 2 N–H and O–H groups in total. The van der Waals surface area contributed by atoms with E-state index in [4.69, 9.17) is 4.74 Å². The molecule has 1 saturated carbocycles. The second-order valence-corrected chi connectivity index (χ2v) is 9.66. The Bertz CT molecular complexity index is 1070. The summed E-state index contributed by atoms with van der Waals surface area (Å²) in [6.45, 7) is 2.40. The van der Waals surface area contributed by atoms with Gasteiger partial charge in [0.15, 0.2) is 0 Å². The van der Waals surface area contributed by atoms with Gasteiger partial charge in [0.25, 0.3) is 0 Å². The van der Waals surface area contributed by atoms with Gasteiger partial charge in [-0.25, -0.2) is 4.79 Å². The van der Waals surface area contributed by atoms with Crippen LogP contribution in [0.5, 0.6) is 0 Å². The highest BCUT2D eigenvalue weighted by molar-refractivity contribution is 5.88. The van der Waals surface area contributed by atoms with Crippen molar-refractivity contribution in [2.45, 2.75) is 38.1 Å². The number of ether oxygens (including phenoxy) is 1. The number of nitrogens with zero attached hydrogens (tertiary/aromatic N) is 1. The molecule has 2 amide bonds. The fourth-order valence-corrected chi connectivity index (χ4v) is 5.10. The SMILES string of the molecule is CC1(C(=O)O)CCN(C(=O)C(NC(=O)OCC2c3ccccc3-c3ccccc32)C2CC2)C1. The van der Waals surface area contributed by atoms with Crippen LogP contribution in [-0.2, 0) is 14.3 Å². The topological polar surface area (TPSA) is 95.9 Å². The van der Waals surface area contributed by atoms with E-state index in [1.807, 2.05) is 24.3 Å². The summed E-state index contributed by atoms with van der Waals surface area (Å²) in [4.78, 5) is 39.0. The highest BCUT2D eigenvalue weighted by atomic mass is 16.5. The molecule has 2 fully saturated rings. The highest BCUT2D eigenvalue weighted by Crippen LogP contribution is 2.44. The molecular weight excluding hydrogens is 420 g/mol. The van der Waals surface area contributed by atoms with Gasteiger partial charge < -0.3 is 20.1 Å². The van der Waals surface area contributed by atoms with E-state index in [2.05, 4.69) is 29.6 Å². The number of likely N-dealkylation sites (tertiary alicyclic amines) is 1. The minimum absolute atomic E-state index is 0.0481. The lowest BCUT2D eigenvalue weighted by atomic mass is 9.90. The molecule has 1 saturated heterocycles. The number of benzene rings is 2. The monoisotopic (exact) mass is 448 g/mol. The molecule has 2 unspecified atom stereocenters. The Morgan fingerprint density at radius 3 is 2.24 bits per heavy atom. The van der Waals surface area contributed by atoms with Crippen molar-refractivity contribution in [2.75, 3.05) is 19.7 Å². The second-order valence-electron chi connectivity index (χ2n) is 9.66. The molecule has 5 rings (SSSR count). The number of carbonyl (C=O) groups is 3. The molecule has 1 heterocycles. The standard InChI is InChI=1S/C26H28N2O5/c1-26(24(30)31)12-13-28(15-26)23(29)22(16-10-11-16)27-25(32)33-14-21-19-8-4-2-6-17(19)18-7-3-5-9-20(18)21/h2-9,16,21-22H,10-15H2,1H3,(H,27,32)(H,30,31). The normalized spacial score (nSPS) is 22.4. The first kappa shape index (κ1) is 21.5. The van der Waals surface area contributed by atoms with Gasteiger partial charge in [-0.15, -0.1) is 0 Å². The van der Waals surface area contributed by atoms with Crippen molar-refractivity contribution in [1.82, 2.24) is 10.2 Å². The van der Waals surface area contributed by atoms with Gasteiger partial charge in [-0.1, -0.05) is 48.5 Å². The predicted octanol–water partition coefficient (Wildman–Crippen LogP) is 3.63. The van der Waals surface area contributed by atoms with Gasteiger partial charge in [0.2, 0.25) is 5.91 Å². The van der Waals surface area contributed by atoms with Crippen LogP contribution in [0.3, 0.4) is 0 Å². The first-order valence-corrected chi connectivity index (χ1v) is 11.5. The Kier molecular flexibility index (Phi) is 5.35. The average molecular weight is 449 g/mol. The second kappa shape index (κ2) is 8.21. The third kappa shape index (κ3) is 3.96. The molecule has 2 atom stereocenters. The summed E-state index contributed by atoms with van der Waals surface area (Å²) in [6, 6.07) is 15.6. The Balaban J connectivity index is 1.24. The summed E-state index contributed by atoms with van der Waals surface area (Å²) in [5.74, 6) is -1.08. The zero-order chi connectivity index (χ0) is 23.2. The summed E-state index contributed by atoms with van der Waals surface area (Å²) in [7, 11) is 0. The van der Waals surface area contributed by atoms with Crippen LogP contribution in [0.2, 0.25) is 0 Å². The van der Waals surface area contributed by atoms with Crippen molar-refractivity contribution in [3.63, 3.8) is 0 Å². The summed E-state index contributed by atoms with van der Waals surface area (Å²) in [5.41, 5.74) is 3.64. The number of amides is 2. The van der Waals surface area contributed by atoms with Gasteiger partial charge in [0.05, 0.1) is 5.41 Å². The maximum absolute atomic E-state index is 13.1. The number of alkyl carbamates (subject to hydrolysis) is 1. The number of carboxylic acid groups (broad SMARTS) is 1. The Morgan fingerprint density at radius 1 is 1.09 bits per heavy atom. The summed E-state index contributed by atoms with van der Waals surface area (Å²) in [5, 5.41) is 12.2. The van der Waals surface area contributed by atoms with Gasteiger partial charge in [0, 0.05) is 19.0 Å². The fraction of sp³-hybridized carbons (Fsp3) is 0.423. The molecule has 172 valence electrons. The average Bonchev–Trinajstić information content (AvgIpc) is 3.50. The quantitative estimate of drug-likeness (QED) is 0.704. The lowest BCUT2D eigenvalue weighted by molar-refractivity contribution is -0.147. The number of rotatable bonds is 6. The van der Waals surface area contributed by atoms with Crippen molar-refractivity contribution < 1.29 is 24.2 Å². The number of fused-ring (bicyclic) bond motifs is 3. The molecule has 2 aliphatic carbocycles. The van der Waals surface area contributed by atoms with E-state index >= 15 is 0 Å². The highest BCUT2D eigenvalue weighted by Gasteiger charge is 2.46.